The van der Waals surface area contributed by atoms with Gasteiger partial charge < -0.3 is 4.42 Å². The summed E-state index contributed by atoms with van der Waals surface area (Å²) in [4.78, 5) is 12.2. The highest BCUT2D eigenvalue weighted by molar-refractivity contribution is 6.30. The van der Waals surface area contributed by atoms with Crippen LogP contribution in [-0.2, 0) is 6.42 Å². The first-order chi connectivity index (χ1) is 10.0. The van der Waals surface area contributed by atoms with Gasteiger partial charge in [-0.2, -0.15) is 0 Å². The number of fused-ring (bicyclic) bond motifs is 1. The van der Waals surface area contributed by atoms with Crippen LogP contribution in [0.3, 0.4) is 0 Å². The Kier molecular flexibility index (Phi) is 3.52. The van der Waals surface area contributed by atoms with Crippen molar-refractivity contribution in [1.29, 1.82) is 0 Å². The van der Waals surface area contributed by atoms with Gasteiger partial charge in [0.05, 0.1) is 0 Å². The van der Waals surface area contributed by atoms with Crippen LogP contribution < -0.4 is 0 Å². The van der Waals surface area contributed by atoms with Crippen LogP contribution in [0.25, 0.3) is 11.0 Å². The van der Waals surface area contributed by atoms with Crippen molar-refractivity contribution in [3.63, 3.8) is 0 Å². The average molecular weight is 303 g/mol. The van der Waals surface area contributed by atoms with E-state index >= 15 is 0 Å². The molecular formula is C17H12ClFO2. The van der Waals surface area contributed by atoms with Gasteiger partial charge in [-0.1, -0.05) is 23.2 Å². The van der Waals surface area contributed by atoms with Crippen LogP contribution in [0.4, 0.5) is 4.39 Å². The first-order valence-corrected chi connectivity index (χ1v) is 6.88. The van der Waals surface area contributed by atoms with E-state index in [1.807, 2.05) is 25.1 Å². The maximum absolute atomic E-state index is 13.7. The topological polar surface area (TPSA) is 30.2 Å². The van der Waals surface area contributed by atoms with E-state index in [2.05, 4.69) is 0 Å². The van der Waals surface area contributed by atoms with Crippen molar-refractivity contribution in [3.8, 4) is 0 Å². The van der Waals surface area contributed by atoms with E-state index < -0.39 is 5.82 Å². The molecule has 0 atom stereocenters. The summed E-state index contributed by atoms with van der Waals surface area (Å²) in [7, 11) is 0. The highest BCUT2D eigenvalue weighted by Crippen LogP contribution is 2.23. The molecule has 0 saturated heterocycles. The first-order valence-electron chi connectivity index (χ1n) is 6.50. The Labute approximate surface area is 126 Å². The van der Waals surface area contributed by atoms with Crippen molar-refractivity contribution >= 4 is 28.4 Å². The molecule has 0 fully saturated rings. The molecule has 0 aliphatic rings. The van der Waals surface area contributed by atoms with Crippen LogP contribution in [0.2, 0.25) is 5.02 Å². The number of hydrogen-bond donors (Lipinski definition) is 0. The quantitative estimate of drug-likeness (QED) is 0.640. The molecule has 0 radical (unpaired) electrons. The minimum absolute atomic E-state index is 0.0782. The SMILES string of the molecule is Cc1ccc2oc(C(=O)Cc3cc(Cl)ccc3F)cc2c1. The highest BCUT2D eigenvalue weighted by atomic mass is 35.5. The van der Waals surface area contributed by atoms with Crippen molar-refractivity contribution < 1.29 is 13.6 Å². The maximum Gasteiger partial charge on any atom is 0.202 e. The fourth-order valence-electron chi connectivity index (χ4n) is 2.24. The van der Waals surface area contributed by atoms with Crippen molar-refractivity contribution in [1.82, 2.24) is 0 Å². The summed E-state index contributed by atoms with van der Waals surface area (Å²) >= 11 is 5.83. The first kappa shape index (κ1) is 13.8. The minimum Gasteiger partial charge on any atom is -0.453 e. The molecule has 1 heterocycles. The Morgan fingerprint density at radius 1 is 1.19 bits per heavy atom. The molecule has 0 unspecified atom stereocenters. The number of Topliss-reactive ketones (excluding diaryl/α,β-unsaturated/α-hetero) is 1. The molecule has 2 nitrogen and oxygen atoms in total. The van der Waals surface area contributed by atoms with E-state index in [1.54, 1.807) is 6.07 Å². The standard InChI is InChI=1S/C17H12ClFO2/c1-10-2-5-16-12(6-10)9-17(21-16)15(20)8-11-7-13(18)3-4-14(11)19/h2-7,9H,8H2,1H3. The second-order valence-corrected chi connectivity index (χ2v) is 5.42. The largest absolute Gasteiger partial charge is 0.453 e. The zero-order valence-corrected chi connectivity index (χ0v) is 12.1. The van der Waals surface area contributed by atoms with E-state index in [-0.39, 0.29) is 23.5 Å². The van der Waals surface area contributed by atoms with Gasteiger partial charge in [-0.3, -0.25) is 4.79 Å². The lowest BCUT2D eigenvalue weighted by atomic mass is 10.1. The lowest BCUT2D eigenvalue weighted by molar-refractivity contribution is 0.0967. The summed E-state index contributed by atoms with van der Waals surface area (Å²) < 4.78 is 19.2. The van der Waals surface area contributed by atoms with E-state index in [1.165, 1.54) is 18.2 Å². The molecule has 0 amide bonds. The van der Waals surface area contributed by atoms with Gasteiger partial charge in [0.25, 0.3) is 0 Å². The third-order valence-corrected chi connectivity index (χ3v) is 3.54. The van der Waals surface area contributed by atoms with Crippen LogP contribution in [0.15, 0.2) is 46.9 Å². The van der Waals surface area contributed by atoms with Gasteiger partial charge in [-0.25, -0.2) is 4.39 Å². The average Bonchev–Trinajstić information content (AvgIpc) is 2.86. The summed E-state index contributed by atoms with van der Waals surface area (Å²) in [6.07, 6.45) is -0.0782. The number of carbonyl (C=O) groups excluding carboxylic acids is 1. The fraction of sp³-hybridized carbons (Fsp3) is 0.118. The third-order valence-electron chi connectivity index (χ3n) is 3.31. The summed E-state index contributed by atoms with van der Waals surface area (Å²) in [5.41, 5.74) is 2.00. The van der Waals surface area contributed by atoms with Gasteiger partial charge in [0.1, 0.15) is 11.4 Å². The highest BCUT2D eigenvalue weighted by Gasteiger charge is 2.15. The summed E-state index contributed by atoms with van der Waals surface area (Å²) in [6.45, 7) is 1.97. The smallest absolute Gasteiger partial charge is 0.202 e. The number of benzene rings is 2. The zero-order chi connectivity index (χ0) is 15.0. The number of hydrogen-bond acceptors (Lipinski definition) is 2. The molecule has 106 valence electrons. The van der Waals surface area contributed by atoms with Gasteiger partial charge >= 0.3 is 0 Å². The molecule has 0 spiro atoms. The lowest BCUT2D eigenvalue weighted by Gasteiger charge is -2.01. The number of carbonyl (C=O) groups is 1. The number of aryl methyl sites for hydroxylation is 1. The van der Waals surface area contributed by atoms with Gasteiger partial charge in [-0.15, -0.1) is 0 Å². The molecule has 0 bridgehead atoms. The Balaban J connectivity index is 1.91. The van der Waals surface area contributed by atoms with Gasteiger partial charge in [0.15, 0.2) is 5.76 Å². The second kappa shape index (κ2) is 5.34. The summed E-state index contributed by atoms with van der Waals surface area (Å²) in [5, 5.41) is 1.27. The van der Waals surface area contributed by atoms with E-state index in [9.17, 15) is 9.18 Å². The van der Waals surface area contributed by atoms with Gasteiger partial charge in [0.2, 0.25) is 5.78 Å². The lowest BCUT2D eigenvalue weighted by Crippen LogP contribution is -2.04. The predicted molar refractivity (Wildman–Crippen MR) is 80.4 cm³/mol. The third kappa shape index (κ3) is 2.83. The Morgan fingerprint density at radius 2 is 2.00 bits per heavy atom. The van der Waals surface area contributed by atoms with E-state index in [0.29, 0.717) is 10.6 Å². The monoisotopic (exact) mass is 302 g/mol. The van der Waals surface area contributed by atoms with Crippen molar-refractivity contribution in [2.24, 2.45) is 0 Å². The second-order valence-electron chi connectivity index (χ2n) is 4.99. The Morgan fingerprint density at radius 3 is 2.81 bits per heavy atom. The zero-order valence-electron chi connectivity index (χ0n) is 11.3. The number of furan rings is 1. The predicted octanol–water partition coefficient (Wildman–Crippen LogP) is 4.96. The van der Waals surface area contributed by atoms with Crippen molar-refractivity contribution in [2.45, 2.75) is 13.3 Å². The molecule has 1 aromatic heterocycles. The van der Waals surface area contributed by atoms with Crippen LogP contribution >= 0.6 is 11.6 Å². The van der Waals surface area contributed by atoms with Crippen LogP contribution in [-0.4, -0.2) is 5.78 Å². The molecule has 21 heavy (non-hydrogen) atoms. The minimum atomic E-state index is -0.445. The van der Waals surface area contributed by atoms with E-state index in [4.69, 9.17) is 16.0 Å². The number of rotatable bonds is 3. The molecule has 2 aromatic carbocycles. The molecule has 0 aliphatic carbocycles. The molecule has 0 N–H and O–H groups in total. The van der Waals surface area contributed by atoms with Gasteiger partial charge in [0, 0.05) is 16.8 Å². The number of ketones is 1. The molecule has 4 heteroatoms. The normalized spacial score (nSPS) is 11.0. The molecule has 3 aromatic rings. The Bertz CT molecular complexity index is 836. The van der Waals surface area contributed by atoms with Crippen LogP contribution in [0.5, 0.6) is 0 Å². The maximum atomic E-state index is 13.7. The Hall–Kier alpha value is -2.13. The van der Waals surface area contributed by atoms with Crippen molar-refractivity contribution in [3.05, 3.63) is 70.2 Å². The number of halogens is 2. The van der Waals surface area contributed by atoms with E-state index in [0.717, 1.165) is 10.9 Å². The molecule has 0 aliphatic heterocycles. The van der Waals surface area contributed by atoms with Crippen LogP contribution in [0.1, 0.15) is 21.7 Å². The molecule has 0 saturated carbocycles. The summed E-state index contributed by atoms with van der Waals surface area (Å²) in [5.74, 6) is -0.486. The van der Waals surface area contributed by atoms with Gasteiger partial charge in [-0.05, 0) is 48.9 Å². The fourth-order valence-corrected chi connectivity index (χ4v) is 2.43. The molecule has 3 rings (SSSR count). The van der Waals surface area contributed by atoms with Crippen LogP contribution in [0, 0.1) is 12.7 Å². The van der Waals surface area contributed by atoms with Crippen molar-refractivity contribution in [2.75, 3.05) is 0 Å². The summed E-state index contributed by atoms with van der Waals surface area (Å²) in [6, 6.07) is 11.5. The molecular weight excluding hydrogens is 291 g/mol.